The van der Waals surface area contributed by atoms with Gasteiger partial charge >= 0.3 is 0 Å². The Morgan fingerprint density at radius 1 is 1.27 bits per heavy atom. The number of hydrogen-bond acceptors (Lipinski definition) is 3. The van der Waals surface area contributed by atoms with Gasteiger partial charge < -0.3 is 15.0 Å². The average Bonchev–Trinajstić information content (AvgIpc) is 2.59. The fourth-order valence-corrected chi connectivity index (χ4v) is 3.87. The van der Waals surface area contributed by atoms with Gasteiger partial charge in [-0.2, -0.15) is 0 Å². The van der Waals surface area contributed by atoms with Gasteiger partial charge in [0.25, 0.3) is 5.91 Å². The number of likely N-dealkylation sites (tertiary alicyclic amines) is 1. The number of benzene rings is 1. The number of aromatic nitrogens is 1. The van der Waals surface area contributed by atoms with Gasteiger partial charge in [0.15, 0.2) is 5.43 Å². The summed E-state index contributed by atoms with van der Waals surface area (Å²) >= 11 is 0. The van der Waals surface area contributed by atoms with Gasteiger partial charge in [-0.15, -0.1) is 0 Å². The predicted molar refractivity (Wildman–Crippen MR) is 102 cm³/mol. The standard InChI is InChI=1S/C21H26N2O3/c1-14-12-19(25)20(15(2)22-14)21(26)23-11-4-3-7-17(23)10-9-16-6-5-8-18(24)13-16/h5-6,8,12-13,17,24H,3-4,7,9-11H2,1-2H3,(H,22,25). The number of H-pyrrole nitrogens is 1. The van der Waals surface area contributed by atoms with E-state index in [-0.39, 0.29) is 28.7 Å². The lowest BCUT2D eigenvalue weighted by Gasteiger charge is -2.36. The van der Waals surface area contributed by atoms with Gasteiger partial charge in [-0.05, 0) is 63.6 Å². The smallest absolute Gasteiger partial charge is 0.259 e. The SMILES string of the molecule is Cc1cc(=O)c(C(=O)N2CCCCC2CCc2cccc(O)c2)c(C)[nH]1. The molecule has 1 unspecified atom stereocenters. The molecule has 0 radical (unpaired) electrons. The van der Waals surface area contributed by atoms with Crippen molar-refractivity contribution < 1.29 is 9.90 Å². The number of piperidine rings is 1. The Morgan fingerprint density at radius 2 is 2.08 bits per heavy atom. The van der Waals surface area contributed by atoms with Gasteiger partial charge in [0.05, 0.1) is 0 Å². The van der Waals surface area contributed by atoms with Crippen LogP contribution in [0.5, 0.6) is 5.75 Å². The molecular weight excluding hydrogens is 328 g/mol. The number of aromatic amines is 1. The minimum Gasteiger partial charge on any atom is -0.508 e. The summed E-state index contributed by atoms with van der Waals surface area (Å²) in [5.41, 5.74) is 2.52. The topological polar surface area (TPSA) is 73.4 Å². The van der Waals surface area contributed by atoms with Gasteiger partial charge in [0.2, 0.25) is 0 Å². The van der Waals surface area contributed by atoms with Crippen molar-refractivity contribution in [1.82, 2.24) is 9.88 Å². The molecule has 1 saturated heterocycles. The lowest BCUT2D eigenvalue weighted by Crippen LogP contribution is -2.45. The van der Waals surface area contributed by atoms with Gasteiger partial charge in [0, 0.05) is 30.0 Å². The van der Waals surface area contributed by atoms with Crippen LogP contribution in [0.3, 0.4) is 0 Å². The molecule has 138 valence electrons. The number of carbonyl (C=O) groups excluding carboxylic acids is 1. The maximum absolute atomic E-state index is 13.1. The van der Waals surface area contributed by atoms with E-state index < -0.39 is 0 Å². The van der Waals surface area contributed by atoms with E-state index in [1.165, 1.54) is 6.07 Å². The summed E-state index contributed by atoms with van der Waals surface area (Å²) in [6.07, 6.45) is 4.65. The molecule has 1 amide bonds. The highest BCUT2D eigenvalue weighted by Gasteiger charge is 2.29. The van der Waals surface area contributed by atoms with Crippen molar-refractivity contribution in [2.75, 3.05) is 6.54 Å². The van der Waals surface area contributed by atoms with Gasteiger partial charge in [0.1, 0.15) is 11.3 Å². The largest absolute Gasteiger partial charge is 0.508 e. The molecule has 2 heterocycles. The summed E-state index contributed by atoms with van der Waals surface area (Å²) in [5.74, 6) is 0.102. The zero-order chi connectivity index (χ0) is 18.7. The fraction of sp³-hybridized carbons (Fsp3) is 0.429. The van der Waals surface area contributed by atoms with E-state index in [2.05, 4.69) is 4.98 Å². The third-order valence-electron chi connectivity index (χ3n) is 5.13. The van der Waals surface area contributed by atoms with Crippen LogP contribution in [0.4, 0.5) is 0 Å². The summed E-state index contributed by atoms with van der Waals surface area (Å²) in [6.45, 7) is 4.30. The molecule has 5 heteroatoms. The summed E-state index contributed by atoms with van der Waals surface area (Å²) in [5, 5.41) is 9.62. The monoisotopic (exact) mass is 354 g/mol. The molecular formula is C21H26N2O3. The first-order valence-electron chi connectivity index (χ1n) is 9.25. The summed E-state index contributed by atoms with van der Waals surface area (Å²) < 4.78 is 0. The number of nitrogens with zero attached hydrogens (tertiary/aromatic N) is 1. The van der Waals surface area contributed by atoms with Crippen LogP contribution < -0.4 is 5.43 Å². The highest BCUT2D eigenvalue weighted by Crippen LogP contribution is 2.24. The Balaban J connectivity index is 1.78. The zero-order valence-corrected chi connectivity index (χ0v) is 15.4. The van der Waals surface area contributed by atoms with Crippen molar-refractivity contribution in [3.63, 3.8) is 0 Å². The maximum Gasteiger partial charge on any atom is 0.259 e. The predicted octanol–water partition coefficient (Wildman–Crippen LogP) is 3.32. The molecule has 26 heavy (non-hydrogen) atoms. The molecule has 1 atom stereocenters. The molecule has 0 saturated carbocycles. The van der Waals surface area contributed by atoms with Crippen molar-refractivity contribution in [3.8, 4) is 5.75 Å². The molecule has 1 fully saturated rings. The Labute approximate surface area is 153 Å². The molecule has 0 bridgehead atoms. The normalized spacial score (nSPS) is 17.3. The second-order valence-corrected chi connectivity index (χ2v) is 7.17. The zero-order valence-electron chi connectivity index (χ0n) is 15.4. The van der Waals surface area contributed by atoms with Gasteiger partial charge in [-0.25, -0.2) is 0 Å². The first kappa shape index (κ1) is 18.2. The van der Waals surface area contributed by atoms with Crippen LogP contribution in [0.25, 0.3) is 0 Å². The maximum atomic E-state index is 13.1. The first-order valence-corrected chi connectivity index (χ1v) is 9.25. The van der Waals surface area contributed by atoms with Crippen molar-refractivity contribution >= 4 is 5.91 Å². The molecule has 0 aliphatic carbocycles. The van der Waals surface area contributed by atoms with Gasteiger partial charge in [-0.3, -0.25) is 9.59 Å². The number of phenolic OH excluding ortho intramolecular Hbond substituents is 1. The highest BCUT2D eigenvalue weighted by atomic mass is 16.3. The quantitative estimate of drug-likeness (QED) is 0.884. The summed E-state index contributed by atoms with van der Waals surface area (Å²) in [4.78, 5) is 30.4. The third-order valence-corrected chi connectivity index (χ3v) is 5.13. The second-order valence-electron chi connectivity index (χ2n) is 7.17. The number of aryl methyl sites for hydroxylation is 3. The van der Waals surface area contributed by atoms with Crippen molar-refractivity contribution in [3.05, 3.63) is 63.1 Å². The number of aromatic hydroxyl groups is 1. The van der Waals surface area contributed by atoms with E-state index in [0.717, 1.165) is 43.4 Å². The Morgan fingerprint density at radius 3 is 2.81 bits per heavy atom. The highest BCUT2D eigenvalue weighted by molar-refractivity contribution is 5.95. The Bertz CT molecular complexity index is 857. The van der Waals surface area contributed by atoms with Crippen LogP contribution in [-0.4, -0.2) is 33.5 Å². The van der Waals surface area contributed by atoms with Crippen molar-refractivity contribution in [1.29, 1.82) is 0 Å². The number of rotatable bonds is 4. The first-order chi connectivity index (χ1) is 12.5. The number of hydrogen-bond donors (Lipinski definition) is 2. The fourth-order valence-electron chi connectivity index (χ4n) is 3.87. The number of pyridine rings is 1. The molecule has 2 N–H and O–H groups in total. The Kier molecular flexibility index (Phi) is 5.45. The number of amides is 1. The van der Waals surface area contributed by atoms with E-state index in [9.17, 15) is 14.7 Å². The molecule has 3 rings (SSSR count). The molecule has 2 aromatic rings. The second kappa shape index (κ2) is 7.77. The molecule has 0 spiro atoms. The minimum absolute atomic E-state index is 0.124. The van der Waals surface area contributed by atoms with E-state index in [1.54, 1.807) is 19.1 Å². The van der Waals surface area contributed by atoms with Crippen LogP contribution in [-0.2, 0) is 6.42 Å². The Hall–Kier alpha value is -2.56. The van der Waals surface area contributed by atoms with E-state index in [4.69, 9.17) is 0 Å². The van der Waals surface area contributed by atoms with Crippen LogP contribution in [0.15, 0.2) is 35.1 Å². The van der Waals surface area contributed by atoms with E-state index >= 15 is 0 Å². The van der Waals surface area contributed by atoms with E-state index in [1.807, 2.05) is 24.0 Å². The lowest BCUT2D eigenvalue weighted by atomic mass is 9.94. The average molecular weight is 354 g/mol. The van der Waals surface area contributed by atoms with Gasteiger partial charge in [-0.1, -0.05) is 12.1 Å². The molecule has 1 aliphatic heterocycles. The van der Waals surface area contributed by atoms with Crippen molar-refractivity contribution in [2.45, 2.75) is 52.0 Å². The number of carbonyl (C=O) groups is 1. The number of phenols is 1. The molecule has 1 aromatic heterocycles. The van der Waals surface area contributed by atoms with Crippen LogP contribution in [0, 0.1) is 13.8 Å². The molecule has 1 aliphatic rings. The third kappa shape index (κ3) is 3.98. The summed E-state index contributed by atoms with van der Waals surface area (Å²) in [7, 11) is 0. The minimum atomic E-state index is -0.207. The molecule has 1 aromatic carbocycles. The van der Waals surface area contributed by atoms with Crippen LogP contribution in [0.2, 0.25) is 0 Å². The lowest BCUT2D eigenvalue weighted by molar-refractivity contribution is 0.0599. The number of nitrogens with one attached hydrogen (secondary N) is 1. The molecule has 5 nitrogen and oxygen atoms in total. The van der Waals surface area contributed by atoms with Crippen LogP contribution in [0.1, 0.15) is 53.0 Å². The van der Waals surface area contributed by atoms with E-state index in [0.29, 0.717) is 12.2 Å². The van der Waals surface area contributed by atoms with Crippen molar-refractivity contribution in [2.24, 2.45) is 0 Å². The summed E-state index contributed by atoms with van der Waals surface area (Å²) in [6, 6.07) is 8.87. The van der Waals surface area contributed by atoms with Crippen LogP contribution >= 0.6 is 0 Å².